The Morgan fingerprint density at radius 2 is 2.14 bits per heavy atom. The van der Waals surface area contributed by atoms with Gasteiger partial charge in [0.2, 0.25) is 0 Å². The standard InChI is InChI=1S/C18H31N3/c1-5-17-9-7-6-8-10-21(17)18-11-15(4)20-13-16(18)12-19-14(2)3/h11,13-14,17,19H,5-10,12H2,1-4H3. The van der Waals surface area contributed by atoms with Gasteiger partial charge in [0, 0.05) is 48.3 Å². The fourth-order valence-electron chi connectivity index (χ4n) is 3.21. The van der Waals surface area contributed by atoms with Crippen LogP contribution in [0.3, 0.4) is 0 Å². The van der Waals surface area contributed by atoms with Gasteiger partial charge < -0.3 is 10.2 Å². The summed E-state index contributed by atoms with van der Waals surface area (Å²) in [5.41, 5.74) is 3.87. The average molecular weight is 289 g/mol. The van der Waals surface area contributed by atoms with E-state index in [9.17, 15) is 0 Å². The van der Waals surface area contributed by atoms with Gasteiger partial charge in [-0.05, 0) is 32.3 Å². The molecule has 3 heteroatoms. The van der Waals surface area contributed by atoms with E-state index < -0.39 is 0 Å². The second kappa shape index (κ2) is 7.79. The summed E-state index contributed by atoms with van der Waals surface area (Å²) in [6.07, 6.45) is 8.69. The molecule has 0 spiro atoms. The Morgan fingerprint density at radius 3 is 2.86 bits per heavy atom. The molecule has 118 valence electrons. The van der Waals surface area contributed by atoms with Gasteiger partial charge >= 0.3 is 0 Å². The van der Waals surface area contributed by atoms with Crippen molar-refractivity contribution in [3.8, 4) is 0 Å². The number of hydrogen-bond donors (Lipinski definition) is 1. The maximum Gasteiger partial charge on any atom is 0.0448 e. The van der Waals surface area contributed by atoms with Crippen molar-refractivity contribution in [3.63, 3.8) is 0 Å². The number of pyridine rings is 1. The van der Waals surface area contributed by atoms with Gasteiger partial charge in [-0.3, -0.25) is 4.98 Å². The topological polar surface area (TPSA) is 28.2 Å². The van der Waals surface area contributed by atoms with Gasteiger partial charge in [0.15, 0.2) is 0 Å². The van der Waals surface area contributed by atoms with E-state index in [1.54, 1.807) is 0 Å². The Hall–Kier alpha value is -1.09. The smallest absolute Gasteiger partial charge is 0.0448 e. The molecule has 0 amide bonds. The highest BCUT2D eigenvalue weighted by Gasteiger charge is 2.22. The van der Waals surface area contributed by atoms with Gasteiger partial charge in [-0.1, -0.05) is 33.6 Å². The quantitative estimate of drug-likeness (QED) is 0.886. The van der Waals surface area contributed by atoms with Crippen LogP contribution in [0.5, 0.6) is 0 Å². The number of rotatable bonds is 5. The van der Waals surface area contributed by atoms with Crippen molar-refractivity contribution in [1.82, 2.24) is 10.3 Å². The molecule has 0 bridgehead atoms. The van der Waals surface area contributed by atoms with Crippen molar-refractivity contribution in [1.29, 1.82) is 0 Å². The second-order valence-corrected chi connectivity index (χ2v) is 6.59. The van der Waals surface area contributed by atoms with Gasteiger partial charge in [0.1, 0.15) is 0 Å². The molecule has 1 atom stereocenters. The van der Waals surface area contributed by atoms with Gasteiger partial charge in [0.05, 0.1) is 0 Å². The van der Waals surface area contributed by atoms with E-state index in [-0.39, 0.29) is 0 Å². The first-order chi connectivity index (χ1) is 10.1. The lowest BCUT2D eigenvalue weighted by atomic mass is 10.1. The summed E-state index contributed by atoms with van der Waals surface area (Å²) in [4.78, 5) is 7.17. The average Bonchev–Trinajstić information content (AvgIpc) is 2.70. The maximum absolute atomic E-state index is 4.52. The number of anilines is 1. The zero-order valence-electron chi connectivity index (χ0n) is 14.2. The summed E-state index contributed by atoms with van der Waals surface area (Å²) in [6.45, 7) is 10.9. The Bertz CT molecular complexity index is 442. The van der Waals surface area contributed by atoms with Crippen LogP contribution < -0.4 is 10.2 Å². The molecule has 1 saturated heterocycles. The molecular weight excluding hydrogens is 258 g/mol. The van der Waals surface area contributed by atoms with Crippen LogP contribution in [0.15, 0.2) is 12.3 Å². The van der Waals surface area contributed by atoms with E-state index >= 15 is 0 Å². The lowest BCUT2D eigenvalue weighted by Crippen LogP contribution is -2.36. The van der Waals surface area contributed by atoms with Crippen LogP contribution in [0.4, 0.5) is 5.69 Å². The minimum atomic E-state index is 0.505. The largest absolute Gasteiger partial charge is 0.368 e. The van der Waals surface area contributed by atoms with Crippen LogP contribution in [-0.2, 0) is 6.54 Å². The highest BCUT2D eigenvalue weighted by molar-refractivity contribution is 5.54. The van der Waals surface area contributed by atoms with Crippen LogP contribution in [0.1, 0.15) is 64.1 Å². The minimum absolute atomic E-state index is 0.505. The highest BCUT2D eigenvalue weighted by atomic mass is 15.2. The van der Waals surface area contributed by atoms with Crippen molar-refractivity contribution in [3.05, 3.63) is 23.5 Å². The van der Waals surface area contributed by atoms with Gasteiger partial charge in [-0.2, -0.15) is 0 Å². The molecule has 1 fully saturated rings. The third-order valence-electron chi connectivity index (χ3n) is 4.46. The van der Waals surface area contributed by atoms with Crippen LogP contribution in [0.25, 0.3) is 0 Å². The first-order valence-electron chi connectivity index (χ1n) is 8.57. The zero-order chi connectivity index (χ0) is 15.2. The van der Waals surface area contributed by atoms with Crippen molar-refractivity contribution in [2.75, 3.05) is 11.4 Å². The maximum atomic E-state index is 4.52. The molecule has 1 aromatic rings. The summed E-state index contributed by atoms with van der Waals surface area (Å²) in [5.74, 6) is 0. The van der Waals surface area contributed by atoms with Crippen molar-refractivity contribution in [2.45, 2.75) is 78.4 Å². The van der Waals surface area contributed by atoms with Crippen molar-refractivity contribution in [2.24, 2.45) is 0 Å². The minimum Gasteiger partial charge on any atom is -0.368 e. The molecule has 2 rings (SSSR count). The summed E-state index contributed by atoms with van der Waals surface area (Å²) >= 11 is 0. The van der Waals surface area contributed by atoms with E-state index in [1.807, 2.05) is 0 Å². The monoisotopic (exact) mass is 289 g/mol. The molecule has 0 saturated carbocycles. The predicted octanol–water partition coefficient (Wildman–Crippen LogP) is 4.05. The normalized spacial score (nSPS) is 19.9. The Kier molecular flexibility index (Phi) is 6.04. The highest BCUT2D eigenvalue weighted by Crippen LogP contribution is 2.29. The molecule has 0 aromatic carbocycles. The number of nitrogens with zero attached hydrogens (tertiary/aromatic N) is 2. The second-order valence-electron chi connectivity index (χ2n) is 6.59. The molecule has 1 unspecified atom stereocenters. The predicted molar refractivity (Wildman–Crippen MR) is 90.8 cm³/mol. The molecule has 1 N–H and O–H groups in total. The van der Waals surface area contributed by atoms with Crippen LogP contribution in [0.2, 0.25) is 0 Å². The third-order valence-corrected chi connectivity index (χ3v) is 4.46. The molecular formula is C18H31N3. The molecule has 2 heterocycles. The molecule has 3 nitrogen and oxygen atoms in total. The Balaban J connectivity index is 2.27. The summed E-state index contributed by atoms with van der Waals surface area (Å²) < 4.78 is 0. The number of nitrogens with one attached hydrogen (secondary N) is 1. The lowest BCUT2D eigenvalue weighted by molar-refractivity contribution is 0.549. The van der Waals surface area contributed by atoms with E-state index in [2.05, 4.69) is 55.2 Å². The van der Waals surface area contributed by atoms with E-state index in [4.69, 9.17) is 0 Å². The van der Waals surface area contributed by atoms with E-state index in [0.29, 0.717) is 12.1 Å². The Morgan fingerprint density at radius 1 is 1.33 bits per heavy atom. The van der Waals surface area contributed by atoms with E-state index in [1.165, 1.54) is 49.9 Å². The number of aromatic nitrogens is 1. The number of aryl methyl sites for hydroxylation is 1. The van der Waals surface area contributed by atoms with Crippen molar-refractivity contribution < 1.29 is 0 Å². The summed E-state index contributed by atoms with van der Waals surface area (Å²) in [7, 11) is 0. The summed E-state index contributed by atoms with van der Waals surface area (Å²) in [5, 5.41) is 3.54. The molecule has 1 aromatic heterocycles. The molecule has 0 aliphatic carbocycles. The van der Waals surface area contributed by atoms with Crippen LogP contribution in [-0.4, -0.2) is 23.6 Å². The van der Waals surface area contributed by atoms with Gasteiger partial charge in [0.25, 0.3) is 0 Å². The molecule has 21 heavy (non-hydrogen) atoms. The molecule has 1 aliphatic rings. The Labute approximate surface area is 130 Å². The molecule has 1 aliphatic heterocycles. The van der Waals surface area contributed by atoms with E-state index in [0.717, 1.165) is 12.2 Å². The fourth-order valence-corrected chi connectivity index (χ4v) is 3.21. The van der Waals surface area contributed by atoms with Gasteiger partial charge in [-0.15, -0.1) is 0 Å². The number of hydrogen-bond acceptors (Lipinski definition) is 3. The van der Waals surface area contributed by atoms with Crippen LogP contribution >= 0.6 is 0 Å². The first kappa shape index (κ1) is 16.3. The molecule has 0 radical (unpaired) electrons. The third kappa shape index (κ3) is 4.44. The lowest BCUT2D eigenvalue weighted by Gasteiger charge is -2.33. The summed E-state index contributed by atoms with van der Waals surface area (Å²) in [6, 6.07) is 3.48. The first-order valence-corrected chi connectivity index (χ1v) is 8.57. The van der Waals surface area contributed by atoms with Crippen molar-refractivity contribution >= 4 is 5.69 Å². The zero-order valence-corrected chi connectivity index (χ0v) is 14.2. The van der Waals surface area contributed by atoms with Gasteiger partial charge in [-0.25, -0.2) is 0 Å². The SMILES string of the molecule is CCC1CCCCCN1c1cc(C)ncc1CNC(C)C. The fraction of sp³-hybridized carbons (Fsp3) is 0.722. The van der Waals surface area contributed by atoms with Crippen LogP contribution in [0, 0.1) is 6.92 Å².